The number of hydrogen-bond acceptors (Lipinski definition) is 3. The van der Waals surface area contributed by atoms with Crippen molar-refractivity contribution in [2.75, 3.05) is 19.6 Å². The van der Waals surface area contributed by atoms with Gasteiger partial charge in [0.25, 0.3) is 0 Å². The Balaban J connectivity index is 2.25. The first-order chi connectivity index (χ1) is 7.38. The van der Waals surface area contributed by atoms with Gasteiger partial charge in [-0.05, 0) is 53.5 Å². The highest BCUT2D eigenvalue weighted by molar-refractivity contribution is 4.81. The lowest BCUT2D eigenvalue weighted by Gasteiger charge is -2.28. The number of likely N-dealkylation sites (tertiary alicyclic amines) is 1. The summed E-state index contributed by atoms with van der Waals surface area (Å²) in [5.41, 5.74) is 0.208. The lowest BCUT2D eigenvalue weighted by molar-refractivity contribution is 0.133. The van der Waals surface area contributed by atoms with Gasteiger partial charge >= 0.3 is 0 Å². The molecule has 0 saturated carbocycles. The average Bonchev–Trinajstić information content (AvgIpc) is 2.49. The SMILES string of the molecule is CC(O)CC1CCCN1CCNC(C)(C)C. The van der Waals surface area contributed by atoms with Crippen LogP contribution in [0, 0.1) is 0 Å². The minimum Gasteiger partial charge on any atom is -0.393 e. The molecule has 1 saturated heterocycles. The van der Waals surface area contributed by atoms with Crippen LogP contribution < -0.4 is 5.32 Å². The second-order valence-electron chi connectivity index (χ2n) is 6.09. The van der Waals surface area contributed by atoms with Crippen LogP contribution in [0.2, 0.25) is 0 Å². The van der Waals surface area contributed by atoms with Crippen molar-refractivity contribution in [2.24, 2.45) is 0 Å². The number of hydrogen-bond donors (Lipinski definition) is 2. The van der Waals surface area contributed by atoms with E-state index in [-0.39, 0.29) is 11.6 Å². The van der Waals surface area contributed by atoms with Crippen molar-refractivity contribution >= 4 is 0 Å². The molecule has 1 aliphatic rings. The van der Waals surface area contributed by atoms with Crippen LogP contribution in [0.4, 0.5) is 0 Å². The number of aliphatic hydroxyl groups excluding tert-OH is 1. The largest absolute Gasteiger partial charge is 0.393 e. The fraction of sp³-hybridized carbons (Fsp3) is 1.00. The Hall–Kier alpha value is -0.120. The van der Waals surface area contributed by atoms with Crippen molar-refractivity contribution in [3.05, 3.63) is 0 Å². The molecule has 2 unspecified atom stereocenters. The Labute approximate surface area is 100 Å². The van der Waals surface area contributed by atoms with E-state index in [1.165, 1.54) is 19.4 Å². The molecule has 0 bridgehead atoms. The van der Waals surface area contributed by atoms with Crippen LogP contribution in [-0.4, -0.2) is 47.3 Å². The van der Waals surface area contributed by atoms with Gasteiger partial charge in [-0.15, -0.1) is 0 Å². The van der Waals surface area contributed by atoms with Crippen LogP contribution >= 0.6 is 0 Å². The Bertz CT molecular complexity index is 199. The molecule has 0 spiro atoms. The first-order valence-electron chi connectivity index (χ1n) is 6.55. The van der Waals surface area contributed by atoms with Gasteiger partial charge in [0.1, 0.15) is 0 Å². The third kappa shape index (κ3) is 5.28. The summed E-state index contributed by atoms with van der Waals surface area (Å²) in [6.07, 6.45) is 3.30. The Morgan fingerprint density at radius 3 is 2.69 bits per heavy atom. The smallest absolute Gasteiger partial charge is 0.0527 e. The van der Waals surface area contributed by atoms with Crippen LogP contribution in [0.1, 0.15) is 47.0 Å². The summed E-state index contributed by atoms with van der Waals surface area (Å²) in [5, 5.41) is 13.0. The van der Waals surface area contributed by atoms with E-state index in [0.717, 1.165) is 19.5 Å². The zero-order valence-corrected chi connectivity index (χ0v) is 11.3. The highest BCUT2D eigenvalue weighted by Gasteiger charge is 2.25. The summed E-state index contributed by atoms with van der Waals surface area (Å²) in [4.78, 5) is 2.52. The molecular weight excluding hydrogens is 200 g/mol. The van der Waals surface area contributed by atoms with Gasteiger partial charge in [-0.2, -0.15) is 0 Å². The standard InChI is InChI=1S/C13H28N2O/c1-11(16)10-12-6-5-8-15(12)9-7-14-13(2,3)4/h11-12,14,16H,5-10H2,1-4H3. The molecular formula is C13H28N2O. The van der Waals surface area contributed by atoms with Crippen LogP contribution in [0.25, 0.3) is 0 Å². The van der Waals surface area contributed by atoms with Gasteiger partial charge in [-0.3, -0.25) is 4.90 Å². The van der Waals surface area contributed by atoms with Gasteiger partial charge < -0.3 is 10.4 Å². The molecule has 0 aromatic carbocycles. The molecule has 2 N–H and O–H groups in total. The predicted octanol–water partition coefficient (Wildman–Crippen LogP) is 1.61. The van der Waals surface area contributed by atoms with Crippen molar-refractivity contribution in [3.63, 3.8) is 0 Å². The quantitative estimate of drug-likeness (QED) is 0.750. The molecule has 1 rings (SSSR count). The van der Waals surface area contributed by atoms with Crippen molar-refractivity contribution in [2.45, 2.75) is 64.6 Å². The molecule has 0 radical (unpaired) electrons. The lowest BCUT2D eigenvalue weighted by atomic mass is 10.1. The topological polar surface area (TPSA) is 35.5 Å². The number of aliphatic hydroxyl groups is 1. The van der Waals surface area contributed by atoms with E-state index in [0.29, 0.717) is 6.04 Å². The number of nitrogens with zero attached hydrogens (tertiary/aromatic N) is 1. The summed E-state index contributed by atoms with van der Waals surface area (Å²) in [7, 11) is 0. The monoisotopic (exact) mass is 228 g/mol. The third-order valence-corrected chi connectivity index (χ3v) is 3.17. The molecule has 1 aliphatic heterocycles. The minimum atomic E-state index is -0.166. The van der Waals surface area contributed by atoms with Gasteiger partial charge in [0, 0.05) is 24.7 Å². The fourth-order valence-corrected chi connectivity index (χ4v) is 2.42. The normalized spacial score (nSPS) is 24.9. The van der Waals surface area contributed by atoms with Crippen LogP contribution in [-0.2, 0) is 0 Å². The molecule has 16 heavy (non-hydrogen) atoms. The Kier molecular flexibility index (Phi) is 5.22. The van der Waals surface area contributed by atoms with Crippen molar-refractivity contribution < 1.29 is 5.11 Å². The summed E-state index contributed by atoms with van der Waals surface area (Å²) in [6, 6.07) is 0.599. The molecule has 3 nitrogen and oxygen atoms in total. The first kappa shape index (κ1) is 13.9. The average molecular weight is 228 g/mol. The van der Waals surface area contributed by atoms with Crippen molar-refractivity contribution in [3.8, 4) is 0 Å². The van der Waals surface area contributed by atoms with Crippen LogP contribution in [0.15, 0.2) is 0 Å². The van der Waals surface area contributed by atoms with Gasteiger partial charge in [-0.25, -0.2) is 0 Å². The van der Waals surface area contributed by atoms with Crippen molar-refractivity contribution in [1.29, 1.82) is 0 Å². The molecule has 2 atom stereocenters. The molecule has 1 heterocycles. The van der Waals surface area contributed by atoms with Gasteiger partial charge in [-0.1, -0.05) is 0 Å². The number of nitrogens with one attached hydrogen (secondary N) is 1. The Morgan fingerprint density at radius 1 is 1.44 bits per heavy atom. The summed E-state index contributed by atoms with van der Waals surface area (Å²) >= 11 is 0. The van der Waals surface area contributed by atoms with E-state index in [4.69, 9.17) is 0 Å². The maximum atomic E-state index is 9.44. The van der Waals surface area contributed by atoms with Gasteiger partial charge in [0.2, 0.25) is 0 Å². The first-order valence-corrected chi connectivity index (χ1v) is 6.55. The molecule has 0 amide bonds. The fourth-order valence-electron chi connectivity index (χ4n) is 2.42. The highest BCUT2D eigenvalue weighted by atomic mass is 16.3. The lowest BCUT2D eigenvalue weighted by Crippen LogP contribution is -2.43. The van der Waals surface area contributed by atoms with E-state index in [2.05, 4.69) is 31.0 Å². The van der Waals surface area contributed by atoms with Gasteiger partial charge in [0.15, 0.2) is 0 Å². The highest BCUT2D eigenvalue weighted by Crippen LogP contribution is 2.20. The summed E-state index contributed by atoms with van der Waals surface area (Å²) in [5.74, 6) is 0. The maximum absolute atomic E-state index is 9.44. The summed E-state index contributed by atoms with van der Waals surface area (Å²) < 4.78 is 0. The molecule has 0 aliphatic carbocycles. The van der Waals surface area contributed by atoms with E-state index in [1.807, 2.05) is 6.92 Å². The number of rotatable bonds is 5. The Morgan fingerprint density at radius 2 is 2.12 bits per heavy atom. The van der Waals surface area contributed by atoms with Crippen LogP contribution in [0.5, 0.6) is 0 Å². The second kappa shape index (κ2) is 5.99. The molecule has 1 fully saturated rings. The third-order valence-electron chi connectivity index (χ3n) is 3.17. The van der Waals surface area contributed by atoms with Crippen molar-refractivity contribution in [1.82, 2.24) is 10.2 Å². The maximum Gasteiger partial charge on any atom is 0.0527 e. The molecule has 0 aromatic heterocycles. The molecule has 96 valence electrons. The van der Waals surface area contributed by atoms with E-state index >= 15 is 0 Å². The molecule has 3 heteroatoms. The van der Waals surface area contributed by atoms with E-state index in [9.17, 15) is 5.11 Å². The minimum absolute atomic E-state index is 0.166. The van der Waals surface area contributed by atoms with Crippen LogP contribution in [0.3, 0.4) is 0 Å². The zero-order chi connectivity index (χ0) is 12.2. The molecule has 0 aromatic rings. The summed E-state index contributed by atoms with van der Waals surface area (Å²) in [6.45, 7) is 11.8. The zero-order valence-electron chi connectivity index (χ0n) is 11.3. The van der Waals surface area contributed by atoms with E-state index in [1.54, 1.807) is 0 Å². The van der Waals surface area contributed by atoms with Gasteiger partial charge in [0.05, 0.1) is 6.10 Å². The van der Waals surface area contributed by atoms with E-state index < -0.39 is 0 Å². The second-order valence-corrected chi connectivity index (χ2v) is 6.09. The predicted molar refractivity (Wildman–Crippen MR) is 68.6 cm³/mol.